The minimum absolute atomic E-state index is 0.223. The van der Waals surface area contributed by atoms with Crippen LogP contribution >= 0.6 is 0 Å². The molecule has 0 N–H and O–H groups in total. The normalized spacial score (nSPS) is 21.1. The fourth-order valence-corrected chi connectivity index (χ4v) is 4.13. The lowest BCUT2D eigenvalue weighted by atomic mass is 9.84. The first-order valence-corrected chi connectivity index (χ1v) is 10.4. The Morgan fingerprint density at radius 1 is 1.25 bits per heavy atom. The molecule has 2 aliphatic rings. The van der Waals surface area contributed by atoms with Crippen LogP contribution in [0.1, 0.15) is 43.5 Å². The first kappa shape index (κ1) is 21.4. The first-order valence-electron chi connectivity index (χ1n) is 10.4. The van der Waals surface area contributed by atoms with Gasteiger partial charge in [-0.05, 0) is 37.6 Å². The van der Waals surface area contributed by atoms with Crippen LogP contribution < -0.4 is 4.74 Å². The van der Waals surface area contributed by atoms with E-state index < -0.39 is 23.7 Å². The third kappa shape index (κ3) is 4.17. The van der Waals surface area contributed by atoms with Gasteiger partial charge in [0, 0.05) is 18.6 Å². The number of fused-ring (bicyclic) bond motifs is 1. The average Bonchev–Trinajstić information content (AvgIpc) is 3.13. The molecule has 0 bridgehead atoms. The molecule has 2 aromatic carbocycles. The van der Waals surface area contributed by atoms with Crippen molar-refractivity contribution in [2.75, 3.05) is 6.54 Å². The molecule has 2 heterocycles. The maximum atomic E-state index is 13.0. The third-order valence-electron chi connectivity index (χ3n) is 5.59. The number of amides is 1. The number of hydrogen-bond donors (Lipinski definition) is 0. The Kier molecular flexibility index (Phi) is 5.62. The largest absolute Gasteiger partial charge is 0.491 e. The van der Waals surface area contributed by atoms with Gasteiger partial charge in [-0.25, -0.2) is 0 Å². The molecule has 0 radical (unpaired) electrons. The summed E-state index contributed by atoms with van der Waals surface area (Å²) in [4.78, 5) is 26.6. The van der Waals surface area contributed by atoms with Crippen molar-refractivity contribution in [1.29, 1.82) is 5.26 Å². The number of carbonyl (C=O) groups is 2. The van der Waals surface area contributed by atoms with Gasteiger partial charge < -0.3 is 19.1 Å². The Bertz CT molecular complexity index is 1120. The second-order valence-electron chi connectivity index (χ2n) is 8.40. The summed E-state index contributed by atoms with van der Waals surface area (Å²) in [7, 11) is 0. The predicted octanol–water partition coefficient (Wildman–Crippen LogP) is 3.64. The molecule has 7 heteroatoms. The third-order valence-corrected chi connectivity index (χ3v) is 5.59. The van der Waals surface area contributed by atoms with Gasteiger partial charge in [-0.15, -0.1) is 0 Å². The summed E-state index contributed by atoms with van der Waals surface area (Å²) >= 11 is 0. The van der Waals surface area contributed by atoms with E-state index >= 15 is 0 Å². The molecular formula is C25H24N2O5. The molecule has 0 saturated carbocycles. The highest BCUT2D eigenvalue weighted by Gasteiger charge is 2.50. The number of esters is 1. The zero-order chi connectivity index (χ0) is 22.9. The molecule has 0 saturated heterocycles. The Morgan fingerprint density at radius 3 is 2.69 bits per heavy atom. The van der Waals surface area contributed by atoms with Gasteiger partial charge in [0.2, 0.25) is 0 Å². The molecule has 2 unspecified atom stereocenters. The molecule has 4 rings (SSSR count). The summed E-state index contributed by atoms with van der Waals surface area (Å²) in [6.07, 6.45) is 0.691. The Labute approximate surface area is 186 Å². The number of rotatable bonds is 5. The van der Waals surface area contributed by atoms with Crippen molar-refractivity contribution in [3.8, 4) is 11.8 Å². The highest BCUT2D eigenvalue weighted by atomic mass is 16.6. The van der Waals surface area contributed by atoms with E-state index in [4.69, 9.17) is 14.2 Å². The quantitative estimate of drug-likeness (QED) is 0.670. The Balaban J connectivity index is 1.65. The number of nitrogens with zero attached hydrogens (tertiary/aromatic N) is 2. The molecule has 0 spiro atoms. The lowest BCUT2D eigenvalue weighted by molar-refractivity contribution is -0.171. The zero-order valence-electron chi connectivity index (χ0n) is 18.2. The number of nitriles is 1. The van der Waals surface area contributed by atoms with Crippen LogP contribution in [0.2, 0.25) is 0 Å². The molecule has 2 aromatic rings. The SMILES string of the molecule is CC(=O)OC1C(N2CC(OCc3ccccc3)=CC2=O)c2cc(C#N)ccc2OC1(C)C. The summed E-state index contributed by atoms with van der Waals surface area (Å²) in [6, 6.07) is 16.2. The molecule has 1 amide bonds. The molecule has 32 heavy (non-hydrogen) atoms. The topological polar surface area (TPSA) is 88.9 Å². The zero-order valence-corrected chi connectivity index (χ0v) is 18.2. The van der Waals surface area contributed by atoms with Gasteiger partial charge in [0.15, 0.2) is 6.10 Å². The maximum Gasteiger partial charge on any atom is 0.303 e. The van der Waals surface area contributed by atoms with Crippen LogP contribution in [0.3, 0.4) is 0 Å². The van der Waals surface area contributed by atoms with E-state index in [0.717, 1.165) is 5.56 Å². The van der Waals surface area contributed by atoms with Crippen LogP contribution in [0.25, 0.3) is 0 Å². The van der Waals surface area contributed by atoms with Crippen molar-refractivity contribution in [3.63, 3.8) is 0 Å². The molecule has 0 aliphatic carbocycles. The van der Waals surface area contributed by atoms with Crippen LogP contribution in [0, 0.1) is 11.3 Å². The highest BCUT2D eigenvalue weighted by molar-refractivity contribution is 5.91. The van der Waals surface area contributed by atoms with Crippen LogP contribution in [0.4, 0.5) is 0 Å². The van der Waals surface area contributed by atoms with E-state index in [2.05, 4.69) is 6.07 Å². The molecule has 0 aromatic heterocycles. The van der Waals surface area contributed by atoms with E-state index in [1.807, 2.05) is 44.2 Å². The number of benzene rings is 2. The van der Waals surface area contributed by atoms with Gasteiger partial charge in [0.1, 0.15) is 29.8 Å². The minimum atomic E-state index is -0.897. The summed E-state index contributed by atoms with van der Waals surface area (Å²) in [6.45, 7) is 5.52. The van der Waals surface area contributed by atoms with E-state index in [1.165, 1.54) is 13.0 Å². The van der Waals surface area contributed by atoms with Gasteiger partial charge in [-0.1, -0.05) is 30.3 Å². The van der Waals surface area contributed by atoms with Gasteiger partial charge in [0.05, 0.1) is 18.2 Å². The van der Waals surface area contributed by atoms with Crippen molar-refractivity contribution in [1.82, 2.24) is 4.90 Å². The minimum Gasteiger partial charge on any atom is -0.491 e. The van der Waals surface area contributed by atoms with Crippen LogP contribution in [0.5, 0.6) is 5.75 Å². The fraction of sp³-hybridized carbons (Fsp3) is 0.320. The molecule has 164 valence electrons. The lowest BCUT2D eigenvalue weighted by Gasteiger charge is -2.46. The smallest absolute Gasteiger partial charge is 0.303 e. The van der Waals surface area contributed by atoms with Gasteiger partial charge >= 0.3 is 5.97 Å². The standard InChI is InChI=1S/C25H24N2O5/c1-16(28)31-24-23(20-11-18(13-26)9-10-21(20)32-25(24,2)3)27-14-19(12-22(27)29)30-15-17-7-5-4-6-8-17/h4-12,23-24H,14-15H2,1-3H3. The Morgan fingerprint density at radius 2 is 2.00 bits per heavy atom. The summed E-state index contributed by atoms with van der Waals surface area (Å²) in [5, 5.41) is 9.39. The van der Waals surface area contributed by atoms with E-state index in [-0.39, 0.29) is 12.5 Å². The lowest BCUT2D eigenvalue weighted by Crippen LogP contribution is -2.55. The summed E-state index contributed by atoms with van der Waals surface area (Å²) in [5.74, 6) is 0.356. The van der Waals surface area contributed by atoms with Crippen LogP contribution in [-0.4, -0.2) is 35.0 Å². The monoisotopic (exact) mass is 432 g/mol. The average molecular weight is 432 g/mol. The van der Waals surface area contributed by atoms with Crippen molar-refractivity contribution < 1.29 is 23.8 Å². The summed E-state index contributed by atoms with van der Waals surface area (Å²) in [5.41, 5.74) is 1.15. The molecule has 2 atom stereocenters. The van der Waals surface area contributed by atoms with E-state index in [9.17, 15) is 14.9 Å². The molecular weight excluding hydrogens is 408 g/mol. The predicted molar refractivity (Wildman–Crippen MR) is 115 cm³/mol. The van der Waals surface area contributed by atoms with Crippen molar-refractivity contribution in [3.05, 3.63) is 77.1 Å². The molecule has 0 fully saturated rings. The van der Waals surface area contributed by atoms with Gasteiger partial charge in [-0.2, -0.15) is 5.26 Å². The Hall–Kier alpha value is -3.79. The van der Waals surface area contributed by atoms with Gasteiger partial charge in [0.25, 0.3) is 5.91 Å². The summed E-state index contributed by atoms with van der Waals surface area (Å²) < 4.78 is 17.7. The number of carbonyl (C=O) groups excluding carboxylic acids is 2. The first-order chi connectivity index (χ1) is 15.3. The maximum absolute atomic E-state index is 13.0. The second-order valence-corrected chi connectivity index (χ2v) is 8.40. The highest BCUT2D eigenvalue weighted by Crippen LogP contribution is 2.45. The molecule has 2 aliphatic heterocycles. The van der Waals surface area contributed by atoms with Crippen molar-refractivity contribution in [2.45, 2.75) is 45.1 Å². The van der Waals surface area contributed by atoms with Gasteiger partial charge in [-0.3, -0.25) is 9.59 Å². The van der Waals surface area contributed by atoms with Crippen LogP contribution in [-0.2, 0) is 25.7 Å². The second kappa shape index (κ2) is 8.39. The van der Waals surface area contributed by atoms with E-state index in [0.29, 0.717) is 29.2 Å². The van der Waals surface area contributed by atoms with E-state index in [1.54, 1.807) is 23.1 Å². The van der Waals surface area contributed by atoms with Crippen LogP contribution in [0.15, 0.2) is 60.4 Å². The van der Waals surface area contributed by atoms with Crippen molar-refractivity contribution >= 4 is 11.9 Å². The van der Waals surface area contributed by atoms with Crippen molar-refractivity contribution in [2.24, 2.45) is 0 Å². The number of hydrogen-bond acceptors (Lipinski definition) is 6. The number of ether oxygens (including phenoxy) is 3. The fourth-order valence-electron chi connectivity index (χ4n) is 4.13. The molecule has 7 nitrogen and oxygen atoms in total.